The number of hydrogen-bond acceptors (Lipinski definition) is 4. The standard InChI is InChI=1S/C10H7BrN4O/c11-9-2-1-8(6-12-9)15-10(16)7-3-4-13-14-5-7/h1-6H,(H,15,16). The van der Waals surface area contributed by atoms with Crippen LogP contribution in [0.15, 0.2) is 41.4 Å². The van der Waals surface area contributed by atoms with Crippen molar-refractivity contribution < 1.29 is 4.79 Å². The van der Waals surface area contributed by atoms with Crippen LogP contribution in [0, 0.1) is 0 Å². The molecule has 0 aliphatic rings. The van der Waals surface area contributed by atoms with Crippen LogP contribution in [-0.4, -0.2) is 21.1 Å². The summed E-state index contributed by atoms with van der Waals surface area (Å²) in [6.45, 7) is 0. The van der Waals surface area contributed by atoms with E-state index in [1.165, 1.54) is 12.4 Å². The molecule has 6 heteroatoms. The number of hydrogen-bond donors (Lipinski definition) is 1. The molecule has 0 aromatic carbocycles. The molecule has 5 nitrogen and oxygen atoms in total. The molecule has 0 radical (unpaired) electrons. The van der Waals surface area contributed by atoms with Crippen molar-refractivity contribution in [1.82, 2.24) is 15.2 Å². The number of nitrogens with zero attached hydrogens (tertiary/aromatic N) is 3. The molecule has 80 valence electrons. The van der Waals surface area contributed by atoms with Crippen LogP contribution in [0.2, 0.25) is 0 Å². The number of amides is 1. The minimum Gasteiger partial charge on any atom is -0.321 e. The summed E-state index contributed by atoms with van der Waals surface area (Å²) in [5.41, 5.74) is 1.09. The first-order valence-corrected chi connectivity index (χ1v) is 5.24. The summed E-state index contributed by atoms with van der Waals surface area (Å²) in [4.78, 5) is 15.7. The van der Waals surface area contributed by atoms with Gasteiger partial charge in [0.1, 0.15) is 4.60 Å². The van der Waals surface area contributed by atoms with Crippen molar-refractivity contribution in [3.05, 3.63) is 47.0 Å². The molecule has 0 fully saturated rings. The maximum Gasteiger partial charge on any atom is 0.257 e. The number of nitrogens with one attached hydrogen (secondary N) is 1. The molecule has 2 rings (SSSR count). The van der Waals surface area contributed by atoms with Gasteiger partial charge >= 0.3 is 0 Å². The fourth-order valence-corrected chi connectivity index (χ4v) is 1.31. The van der Waals surface area contributed by atoms with Crippen LogP contribution in [0.25, 0.3) is 0 Å². The molecule has 0 bridgehead atoms. The topological polar surface area (TPSA) is 67.8 Å². The number of pyridine rings is 1. The minimum atomic E-state index is -0.237. The van der Waals surface area contributed by atoms with Crippen LogP contribution in [0.4, 0.5) is 5.69 Å². The molecule has 1 amide bonds. The Hall–Kier alpha value is -1.82. The zero-order chi connectivity index (χ0) is 11.4. The van der Waals surface area contributed by atoms with E-state index in [4.69, 9.17) is 0 Å². The van der Waals surface area contributed by atoms with Gasteiger partial charge in [-0.25, -0.2) is 4.98 Å². The highest BCUT2D eigenvalue weighted by Gasteiger charge is 2.05. The molecular formula is C10H7BrN4O. The van der Waals surface area contributed by atoms with Gasteiger partial charge in [0.25, 0.3) is 5.91 Å². The lowest BCUT2D eigenvalue weighted by atomic mass is 10.3. The molecule has 2 heterocycles. The van der Waals surface area contributed by atoms with Gasteiger partial charge in [-0.1, -0.05) is 0 Å². The van der Waals surface area contributed by atoms with Crippen molar-refractivity contribution in [1.29, 1.82) is 0 Å². The second-order valence-corrected chi connectivity index (χ2v) is 3.77. The molecule has 2 aromatic heterocycles. The zero-order valence-electron chi connectivity index (χ0n) is 8.09. The summed E-state index contributed by atoms with van der Waals surface area (Å²) in [5.74, 6) is -0.237. The Balaban J connectivity index is 2.11. The molecule has 0 saturated heterocycles. The predicted molar refractivity (Wildman–Crippen MR) is 61.9 cm³/mol. The fourth-order valence-electron chi connectivity index (χ4n) is 1.08. The van der Waals surface area contributed by atoms with E-state index >= 15 is 0 Å². The van der Waals surface area contributed by atoms with Crippen molar-refractivity contribution in [3.8, 4) is 0 Å². The van der Waals surface area contributed by atoms with E-state index in [2.05, 4.69) is 36.4 Å². The second-order valence-electron chi connectivity index (χ2n) is 2.95. The molecule has 0 atom stereocenters. The first-order chi connectivity index (χ1) is 7.75. The summed E-state index contributed by atoms with van der Waals surface area (Å²) in [5, 5.41) is 9.92. The van der Waals surface area contributed by atoms with Crippen LogP contribution in [-0.2, 0) is 0 Å². The highest BCUT2D eigenvalue weighted by Crippen LogP contribution is 2.11. The Bertz CT molecular complexity index is 486. The summed E-state index contributed by atoms with van der Waals surface area (Å²) >= 11 is 3.21. The van der Waals surface area contributed by atoms with Crippen LogP contribution >= 0.6 is 15.9 Å². The molecule has 0 aliphatic carbocycles. The maximum absolute atomic E-state index is 11.7. The minimum absolute atomic E-state index is 0.237. The Morgan fingerprint density at radius 1 is 1.19 bits per heavy atom. The smallest absolute Gasteiger partial charge is 0.257 e. The van der Waals surface area contributed by atoms with E-state index in [0.29, 0.717) is 11.3 Å². The Labute approximate surface area is 100 Å². The number of carbonyl (C=O) groups excluding carboxylic acids is 1. The van der Waals surface area contributed by atoms with Gasteiger partial charge in [-0.15, -0.1) is 0 Å². The Morgan fingerprint density at radius 3 is 2.69 bits per heavy atom. The first-order valence-electron chi connectivity index (χ1n) is 4.45. The number of carbonyl (C=O) groups is 1. The number of anilines is 1. The van der Waals surface area contributed by atoms with E-state index in [1.54, 1.807) is 24.4 Å². The van der Waals surface area contributed by atoms with E-state index in [1.807, 2.05) is 0 Å². The molecule has 2 aromatic rings. The average Bonchev–Trinajstić information content (AvgIpc) is 2.33. The lowest BCUT2D eigenvalue weighted by Gasteiger charge is -2.03. The van der Waals surface area contributed by atoms with Gasteiger partial charge in [0.05, 0.1) is 29.8 Å². The largest absolute Gasteiger partial charge is 0.321 e. The predicted octanol–water partition coefficient (Wildman–Crippen LogP) is 1.89. The van der Waals surface area contributed by atoms with Gasteiger partial charge in [0.2, 0.25) is 0 Å². The molecule has 0 saturated carbocycles. The maximum atomic E-state index is 11.7. The SMILES string of the molecule is O=C(Nc1ccc(Br)nc1)c1ccnnc1. The molecule has 0 aliphatic heterocycles. The summed E-state index contributed by atoms with van der Waals surface area (Å²) in [7, 11) is 0. The summed E-state index contributed by atoms with van der Waals surface area (Å²) < 4.78 is 0.719. The highest BCUT2D eigenvalue weighted by atomic mass is 79.9. The monoisotopic (exact) mass is 278 g/mol. The van der Waals surface area contributed by atoms with Crippen molar-refractivity contribution in [2.45, 2.75) is 0 Å². The molecule has 1 N–H and O–H groups in total. The molecule has 0 unspecified atom stereocenters. The molecule has 0 spiro atoms. The quantitative estimate of drug-likeness (QED) is 0.852. The average molecular weight is 279 g/mol. The third kappa shape index (κ3) is 2.60. The van der Waals surface area contributed by atoms with Crippen LogP contribution in [0.5, 0.6) is 0 Å². The Morgan fingerprint density at radius 2 is 2.06 bits per heavy atom. The lowest BCUT2D eigenvalue weighted by Crippen LogP contribution is -2.12. The van der Waals surface area contributed by atoms with E-state index < -0.39 is 0 Å². The van der Waals surface area contributed by atoms with E-state index in [0.717, 1.165) is 4.60 Å². The highest BCUT2D eigenvalue weighted by molar-refractivity contribution is 9.10. The van der Waals surface area contributed by atoms with Crippen LogP contribution in [0.3, 0.4) is 0 Å². The Kier molecular flexibility index (Phi) is 3.21. The summed E-state index contributed by atoms with van der Waals surface area (Å²) in [6.07, 6.45) is 4.44. The molecule has 16 heavy (non-hydrogen) atoms. The normalized spacial score (nSPS) is 9.81. The van der Waals surface area contributed by atoms with Crippen LogP contribution in [0.1, 0.15) is 10.4 Å². The van der Waals surface area contributed by atoms with Crippen molar-refractivity contribution in [3.63, 3.8) is 0 Å². The van der Waals surface area contributed by atoms with Crippen LogP contribution < -0.4 is 5.32 Å². The van der Waals surface area contributed by atoms with Gasteiger partial charge in [0.15, 0.2) is 0 Å². The van der Waals surface area contributed by atoms with Gasteiger partial charge in [-0.2, -0.15) is 10.2 Å². The number of rotatable bonds is 2. The number of aromatic nitrogens is 3. The third-order valence-electron chi connectivity index (χ3n) is 1.83. The van der Waals surface area contributed by atoms with Crippen molar-refractivity contribution in [2.24, 2.45) is 0 Å². The molecular weight excluding hydrogens is 272 g/mol. The van der Waals surface area contributed by atoms with Gasteiger partial charge in [-0.05, 0) is 34.1 Å². The number of halogens is 1. The van der Waals surface area contributed by atoms with Crippen molar-refractivity contribution >= 4 is 27.5 Å². The van der Waals surface area contributed by atoms with E-state index in [-0.39, 0.29) is 5.91 Å². The van der Waals surface area contributed by atoms with Gasteiger partial charge in [-0.3, -0.25) is 4.79 Å². The third-order valence-corrected chi connectivity index (χ3v) is 2.30. The second kappa shape index (κ2) is 4.80. The van der Waals surface area contributed by atoms with Crippen molar-refractivity contribution in [2.75, 3.05) is 5.32 Å². The van der Waals surface area contributed by atoms with Gasteiger partial charge < -0.3 is 5.32 Å². The fraction of sp³-hybridized carbons (Fsp3) is 0. The first kappa shape index (κ1) is 10.7. The van der Waals surface area contributed by atoms with E-state index in [9.17, 15) is 4.79 Å². The zero-order valence-corrected chi connectivity index (χ0v) is 9.68. The summed E-state index contributed by atoms with van der Waals surface area (Å²) in [6, 6.07) is 5.10. The lowest BCUT2D eigenvalue weighted by molar-refractivity contribution is 0.102. The van der Waals surface area contributed by atoms with Gasteiger partial charge in [0, 0.05) is 0 Å².